The van der Waals surface area contributed by atoms with E-state index in [4.69, 9.17) is 5.84 Å². The van der Waals surface area contributed by atoms with Crippen LogP contribution in [0, 0.1) is 5.82 Å². The summed E-state index contributed by atoms with van der Waals surface area (Å²) >= 11 is 3.19. The summed E-state index contributed by atoms with van der Waals surface area (Å²) in [7, 11) is 1.91. The smallest absolute Gasteiger partial charge is 0.137 e. The number of aryl methyl sites for hydroxylation is 2. The molecule has 0 radical (unpaired) electrons. The molecular weight excluding hydrogens is 311 g/mol. The predicted octanol–water partition coefficient (Wildman–Crippen LogP) is 2.46. The Morgan fingerprint density at radius 1 is 1.47 bits per heavy atom. The molecule has 0 spiro atoms. The molecule has 2 aromatic rings. The number of hydrogen-bond donors (Lipinski definition) is 2. The number of nitrogens with zero attached hydrogens (tertiary/aromatic N) is 2. The van der Waals surface area contributed by atoms with Crippen molar-refractivity contribution in [2.45, 2.75) is 18.9 Å². The molecule has 4 nitrogen and oxygen atoms in total. The van der Waals surface area contributed by atoms with Crippen molar-refractivity contribution >= 4 is 15.9 Å². The van der Waals surface area contributed by atoms with Crippen molar-refractivity contribution in [2.24, 2.45) is 12.9 Å². The lowest BCUT2D eigenvalue weighted by Crippen LogP contribution is -2.28. The number of rotatable bonds is 5. The molecule has 1 aromatic carbocycles. The van der Waals surface area contributed by atoms with Gasteiger partial charge >= 0.3 is 0 Å². The van der Waals surface area contributed by atoms with Crippen LogP contribution in [0.15, 0.2) is 34.9 Å². The van der Waals surface area contributed by atoms with Crippen LogP contribution < -0.4 is 11.3 Å². The fourth-order valence-corrected chi connectivity index (χ4v) is 2.41. The lowest BCUT2D eigenvalue weighted by molar-refractivity contribution is 0.505. The minimum atomic E-state index is -0.272. The first kappa shape index (κ1) is 14.2. The van der Waals surface area contributed by atoms with E-state index in [0.29, 0.717) is 4.47 Å². The van der Waals surface area contributed by atoms with Crippen molar-refractivity contribution < 1.29 is 4.39 Å². The summed E-state index contributed by atoms with van der Waals surface area (Å²) in [5, 5.41) is 4.13. The van der Waals surface area contributed by atoms with Gasteiger partial charge in [0.1, 0.15) is 5.82 Å². The van der Waals surface area contributed by atoms with E-state index in [-0.39, 0.29) is 11.9 Å². The molecule has 0 aliphatic heterocycles. The molecule has 19 heavy (non-hydrogen) atoms. The van der Waals surface area contributed by atoms with Crippen LogP contribution >= 0.6 is 15.9 Å². The summed E-state index contributed by atoms with van der Waals surface area (Å²) in [5.74, 6) is 5.32. The fourth-order valence-electron chi connectivity index (χ4n) is 2.01. The molecule has 0 saturated carbocycles. The van der Waals surface area contributed by atoms with Gasteiger partial charge in [-0.2, -0.15) is 5.10 Å². The van der Waals surface area contributed by atoms with Crippen molar-refractivity contribution in [3.63, 3.8) is 0 Å². The Hall–Kier alpha value is -1.24. The largest absolute Gasteiger partial charge is 0.273 e. The molecule has 0 saturated heterocycles. The Morgan fingerprint density at radius 2 is 2.26 bits per heavy atom. The summed E-state index contributed by atoms with van der Waals surface area (Å²) in [5.41, 5.74) is 4.87. The zero-order valence-corrected chi connectivity index (χ0v) is 12.2. The van der Waals surface area contributed by atoms with Gasteiger partial charge in [0.25, 0.3) is 0 Å². The van der Waals surface area contributed by atoms with Gasteiger partial charge < -0.3 is 0 Å². The number of nitrogens with two attached hydrogens (primary N) is 1. The molecule has 1 atom stereocenters. The summed E-state index contributed by atoms with van der Waals surface area (Å²) in [6.45, 7) is 0. The Bertz CT molecular complexity index is 555. The molecule has 102 valence electrons. The highest BCUT2D eigenvalue weighted by atomic mass is 79.9. The molecule has 0 aliphatic rings. The number of hydrazine groups is 1. The monoisotopic (exact) mass is 326 g/mol. The number of hydrogen-bond acceptors (Lipinski definition) is 3. The quantitative estimate of drug-likeness (QED) is 0.655. The Kier molecular flexibility index (Phi) is 4.68. The highest BCUT2D eigenvalue weighted by molar-refractivity contribution is 9.10. The van der Waals surface area contributed by atoms with Crippen LogP contribution in [0.3, 0.4) is 0 Å². The van der Waals surface area contributed by atoms with Gasteiger partial charge in [0.05, 0.1) is 4.47 Å². The molecule has 6 heteroatoms. The minimum Gasteiger partial charge on any atom is -0.273 e. The number of halogens is 2. The van der Waals surface area contributed by atoms with Gasteiger partial charge in [-0.25, -0.2) is 4.39 Å². The van der Waals surface area contributed by atoms with Crippen LogP contribution in [0.4, 0.5) is 4.39 Å². The topological polar surface area (TPSA) is 55.9 Å². The van der Waals surface area contributed by atoms with E-state index in [1.165, 1.54) is 6.07 Å². The van der Waals surface area contributed by atoms with E-state index in [9.17, 15) is 4.39 Å². The zero-order chi connectivity index (χ0) is 13.8. The van der Waals surface area contributed by atoms with Crippen LogP contribution in [0.25, 0.3) is 0 Å². The first-order valence-corrected chi connectivity index (χ1v) is 6.79. The second-order valence-corrected chi connectivity index (χ2v) is 5.23. The third kappa shape index (κ3) is 3.40. The van der Waals surface area contributed by atoms with E-state index < -0.39 is 0 Å². The second-order valence-electron chi connectivity index (χ2n) is 4.38. The lowest BCUT2D eigenvalue weighted by Gasteiger charge is -2.16. The molecule has 0 amide bonds. The summed E-state index contributed by atoms with van der Waals surface area (Å²) in [6, 6.07) is 6.89. The molecule has 1 aromatic heterocycles. The van der Waals surface area contributed by atoms with Crippen molar-refractivity contribution in [1.82, 2.24) is 15.2 Å². The number of aromatic nitrogens is 2. The fraction of sp³-hybridized carbons (Fsp3) is 0.308. The maximum Gasteiger partial charge on any atom is 0.137 e. The van der Waals surface area contributed by atoms with E-state index in [1.54, 1.807) is 18.3 Å². The van der Waals surface area contributed by atoms with Crippen LogP contribution in [-0.4, -0.2) is 9.78 Å². The Morgan fingerprint density at radius 3 is 2.84 bits per heavy atom. The van der Waals surface area contributed by atoms with Gasteiger partial charge in [0, 0.05) is 25.0 Å². The SMILES string of the molecule is Cn1nccc1CCC(NN)c1ccc(F)c(Br)c1. The van der Waals surface area contributed by atoms with E-state index in [0.717, 1.165) is 24.1 Å². The van der Waals surface area contributed by atoms with Crippen molar-refractivity contribution in [2.75, 3.05) is 0 Å². The van der Waals surface area contributed by atoms with Gasteiger partial charge in [-0.1, -0.05) is 6.07 Å². The van der Waals surface area contributed by atoms with Crippen LogP contribution in [0.2, 0.25) is 0 Å². The van der Waals surface area contributed by atoms with Crippen LogP contribution in [0.5, 0.6) is 0 Å². The standard InChI is InChI=1S/C13H16BrFN4/c1-19-10(6-7-17-19)3-5-13(18-16)9-2-4-12(15)11(14)8-9/h2,4,6-8,13,18H,3,5,16H2,1H3. The van der Waals surface area contributed by atoms with Crippen molar-refractivity contribution in [3.05, 3.63) is 52.0 Å². The van der Waals surface area contributed by atoms with Gasteiger partial charge in [0.15, 0.2) is 0 Å². The average Bonchev–Trinajstić information content (AvgIpc) is 2.80. The third-order valence-electron chi connectivity index (χ3n) is 3.16. The second kappa shape index (κ2) is 6.27. The molecular formula is C13H16BrFN4. The third-order valence-corrected chi connectivity index (χ3v) is 3.77. The van der Waals surface area contributed by atoms with Crippen LogP contribution in [0.1, 0.15) is 23.7 Å². The normalized spacial score (nSPS) is 12.6. The first-order valence-electron chi connectivity index (χ1n) is 5.99. The number of benzene rings is 1. The molecule has 0 fully saturated rings. The average molecular weight is 327 g/mol. The molecule has 1 heterocycles. The van der Waals surface area contributed by atoms with Crippen LogP contribution in [-0.2, 0) is 13.5 Å². The predicted molar refractivity (Wildman–Crippen MR) is 75.7 cm³/mol. The molecule has 1 unspecified atom stereocenters. The summed E-state index contributed by atoms with van der Waals surface area (Å²) < 4.78 is 15.5. The van der Waals surface area contributed by atoms with E-state index >= 15 is 0 Å². The van der Waals surface area contributed by atoms with Gasteiger partial charge in [0.2, 0.25) is 0 Å². The Labute approximate surface area is 119 Å². The lowest BCUT2D eigenvalue weighted by atomic mass is 10.0. The van der Waals surface area contributed by atoms with Crippen molar-refractivity contribution in [1.29, 1.82) is 0 Å². The van der Waals surface area contributed by atoms with Crippen molar-refractivity contribution in [3.8, 4) is 0 Å². The summed E-state index contributed by atoms with van der Waals surface area (Å²) in [6.07, 6.45) is 3.43. The zero-order valence-electron chi connectivity index (χ0n) is 10.6. The van der Waals surface area contributed by atoms with E-state index in [1.807, 2.05) is 17.8 Å². The molecule has 3 N–H and O–H groups in total. The summed E-state index contributed by atoms with van der Waals surface area (Å²) in [4.78, 5) is 0. The van der Waals surface area contributed by atoms with Gasteiger partial charge in [-0.05, 0) is 52.5 Å². The maximum atomic E-state index is 13.2. The molecule has 2 rings (SSSR count). The molecule has 0 bridgehead atoms. The highest BCUT2D eigenvalue weighted by Crippen LogP contribution is 2.23. The van der Waals surface area contributed by atoms with Gasteiger partial charge in [-0.3, -0.25) is 16.0 Å². The molecule has 0 aliphatic carbocycles. The maximum absolute atomic E-state index is 13.2. The highest BCUT2D eigenvalue weighted by Gasteiger charge is 2.12. The first-order chi connectivity index (χ1) is 9.11. The van der Waals surface area contributed by atoms with Gasteiger partial charge in [-0.15, -0.1) is 0 Å². The number of nitrogens with one attached hydrogen (secondary N) is 1. The van der Waals surface area contributed by atoms with E-state index in [2.05, 4.69) is 26.5 Å². The minimum absolute atomic E-state index is 0.0215. The Balaban J connectivity index is 2.07.